The minimum absolute atomic E-state index is 0.0199. The van der Waals surface area contributed by atoms with Gasteiger partial charge in [0.15, 0.2) is 0 Å². The standard InChI is InChI=1S/C60H34O/c1-2-8-35(9-3-1)58-50(44-24-29-54-51(31-44)52-30-42-10-4-5-11-43(42)34-55(52)61-54)32-45(46-25-20-40-18-16-36-12-6-14-38-22-27-48(46)59(40)56(36)38)33-53(58)47-26-21-41-19-17-37-13-7-15-39-23-28-49(47)60(41)57(37)39/h1-34H/i4D,5D,10D,11D,24D,29D,30D,31D,34D. The molecule has 61 heavy (non-hydrogen) atoms. The summed E-state index contributed by atoms with van der Waals surface area (Å²) in [5.41, 5.74) is 5.39. The number of fused-ring (bicyclic) bond motifs is 4. The first-order valence-electron chi connectivity index (χ1n) is 24.9. The van der Waals surface area contributed by atoms with E-state index in [1.165, 1.54) is 10.8 Å². The molecule has 0 spiro atoms. The highest BCUT2D eigenvalue weighted by Crippen LogP contribution is 2.49. The molecule has 0 aliphatic rings. The normalized spacial score (nSPS) is 14.3. The second-order valence-electron chi connectivity index (χ2n) is 16.0. The minimum Gasteiger partial charge on any atom is -0.456 e. The van der Waals surface area contributed by atoms with Gasteiger partial charge in [-0.3, -0.25) is 0 Å². The lowest BCUT2D eigenvalue weighted by Gasteiger charge is -2.22. The van der Waals surface area contributed by atoms with Crippen LogP contribution >= 0.6 is 0 Å². The van der Waals surface area contributed by atoms with E-state index in [-0.39, 0.29) is 68.5 Å². The third-order valence-electron chi connectivity index (χ3n) is 12.8. The van der Waals surface area contributed by atoms with Crippen LogP contribution in [0.4, 0.5) is 0 Å². The molecule has 0 bridgehead atoms. The Balaban J connectivity index is 1.17. The maximum Gasteiger partial charge on any atom is 0.136 e. The van der Waals surface area contributed by atoms with Crippen molar-refractivity contribution in [2.45, 2.75) is 0 Å². The molecule has 1 aromatic heterocycles. The Morgan fingerprint density at radius 2 is 0.852 bits per heavy atom. The third-order valence-corrected chi connectivity index (χ3v) is 12.8. The van der Waals surface area contributed by atoms with Crippen molar-refractivity contribution in [3.8, 4) is 44.5 Å². The summed E-state index contributed by atoms with van der Waals surface area (Å²) >= 11 is 0. The highest BCUT2D eigenvalue weighted by Gasteiger charge is 2.22. The second kappa shape index (κ2) is 12.3. The highest BCUT2D eigenvalue weighted by molar-refractivity contribution is 6.28. The Labute approximate surface area is 363 Å². The van der Waals surface area contributed by atoms with Crippen LogP contribution in [0.1, 0.15) is 12.3 Å². The fourth-order valence-electron chi connectivity index (χ4n) is 10.1. The van der Waals surface area contributed by atoms with E-state index in [0.29, 0.717) is 5.56 Å². The van der Waals surface area contributed by atoms with Crippen molar-refractivity contribution in [3.05, 3.63) is 206 Å². The first-order chi connectivity index (χ1) is 34.0. The average molecular weight is 780 g/mol. The molecular formula is C60H34O. The number of rotatable bonds is 4. The van der Waals surface area contributed by atoms with Crippen LogP contribution in [-0.4, -0.2) is 0 Å². The molecular weight excluding hydrogens is 737 g/mol. The van der Waals surface area contributed by atoms with Crippen LogP contribution in [0.5, 0.6) is 0 Å². The average Bonchev–Trinajstić information content (AvgIpc) is 3.81. The van der Waals surface area contributed by atoms with E-state index in [1.54, 1.807) is 0 Å². The van der Waals surface area contributed by atoms with Gasteiger partial charge in [0.2, 0.25) is 0 Å². The van der Waals surface area contributed by atoms with Crippen LogP contribution < -0.4 is 0 Å². The summed E-state index contributed by atoms with van der Waals surface area (Å²) in [5.74, 6) is 0. The molecule has 0 saturated heterocycles. The molecule has 0 radical (unpaired) electrons. The van der Waals surface area contributed by atoms with Crippen molar-refractivity contribution in [2.75, 3.05) is 0 Å². The Hall–Kier alpha value is -8.00. The maximum atomic E-state index is 10.3. The summed E-state index contributed by atoms with van der Waals surface area (Å²) in [5, 5.41) is 13.0. The molecule has 1 nitrogen and oxygen atoms in total. The fraction of sp³-hybridized carbons (Fsp3) is 0. The molecule has 0 saturated carbocycles. The van der Waals surface area contributed by atoms with Crippen LogP contribution in [0.2, 0.25) is 0 Å². The molecule has 0 aliphatic heterocycles. The zero-order valence-corrected chi connectivity index (χ0v) is 32.3. The Morgan fingerprint density at radius 1 is 0.311 bits per heavy atom. The van der Waals surface area contributed by atoms with E-state index in [4.69, 9.17) is 9.90 Å². The third kappa shape index (κ3) is 4.72. The molecule has 14 rings (SSSR count). The number of hydrogen-bond acceptors (Lipinski definition) is 1. The lowest BCUT2D eigenvalue weighted by Crippen LogP contribution is -1.95. The summed E-state index contributed by atoms with van der Waals surface area (Å²) in [4.78, 5) is 0. The fourth-order valence-corrected chi connectivity index (χ4v) is 10.1. The van der Waals surface area contributed by atoms with E-state index in [2.05, 4.69) is 115 Å². The van der Waals surface area contributed by atoms with Gasteiger partial charge in [-0.15, -0.1) is 0 Å². The van der Waals surface area contributed by atoms with E-state index in [1.807, 2.05) is 36.4 Å². The summed E-state index contributed by atoms with van der Waals surface area (Å²) in [6, 6.07) is 49.2. The summed E-state index contributed by atoms with van der Waals surface area (Å²) in [7, 11) is 0. The smallest absolute Gasteiger partial charge is 0.136 e. The van der Waals surface area contributed by atoms with Gasteiger partial charge in [-0.2, -0.15) is 0 Å². The molecule has 1 heteroatoms. The maximum absolute atomic E-state index is 10.3. The zero-order valence-electron chi connectivity index (χ0n) is 41.3. The lowest BCUT2D eigenvalue weighted by atomic mass is 9.81. The number of furan rings is 1. The van der Waals surface area contributed by atoms with Gasteiger partial charge in [-0.05, 0) is 156 Å². The van der Waals surface area contributed by atoms with Gasteiger partial charge in [0.1, 0.15) is 11.2 Å². The van der Waals surface area contributed by atoms with Gasteiger partial charge in [-0.25, -0.2) is 0 Å². The van der Waals surface area contributed by atoms with Gasteiger partial charge >= 0.3 is 0 Å². The molecule has 14 aromatic rings. The summed E-state index contributed by atoms with van der Waals surface area (Å²) in [6.07, 6.45) is 0. The largest absolute Gasteiger partial charge is 0.456 e. The first kappa shape index (κ1) is 25.5. The Bertz CT molecular complexity index is 4600. The van der Waals surface area contributed by atoms with E-state index >= 15 is 0 Å². The summed E-state index contributed by atoms with van der Waals surface area (Å²) < 4.78 is 89.2. The summed E-state index contributed by atoms with van der Waals surface area (Å²) in [6.45, 7) is 0. The van der Waals surface area contributed by atoms with Crippen molar-refractivity contribution in [2.24, 2.45) is 0 Å². The molecule has 0 aliphatic carbocycles. The van der Waals surface area contributed by atoms with Crippen molar-refractivity contribution < 1.29 is 16.8 Å². The zero-order chi connectivity index (χ0) is 47.6. The van der Waals surface area contributed by atoms with Crippen LogP contribution in [0.15, 0.2) is 210 Å². The predicted octanol–water partition coefficient (Wildman–Crippen LogP) is 17.2. The molecule has 0 atom stereocenters. The van der Waals surface area contributed by atoms with Gasteiger partial charge in [0, 0.05) is 10.8 Å². The lowest BCUT2D eigenvalue weighted by molar-refractivity contribution is 0.669. The van der Waals surface area contributed by atoms with Crippen molar-refractivity contribution in [1.29, 1.82) is 0 Å². The van der Waals surface area contributed by atoms with E-state index < -0.39 is 24.2 Å². The Kier molecular flexibility index (Phi) is 5.12. The number of benzene rings is 13. The molecule has 0 unspecified atom stereocenters. The van der Waals surface area contributed by atoms with Gasteiger partial charge in [0.05, 0.1) is 12.3 Å². The quantitative estimate of drug-likeness (QED) is 0.162. The molecule has 0 fully saturated rings. The minimum atomic E-state index is -0.547. The Morgan fingerprint density at radius 3 is 1.52 bits per heavy atom. The topological polar surface area (TPSA) is 13.1 Å². The van der Waals surface area contributed by atoms with Gasteiger partial charge in [0.25, 0.3) is 0 Å². The van der Waals surface area contributed by atoms with Crippen molar-refractivity contribution in [3.63, 3.8) is 0 Å². The van der Waals surface area contributed by atoms with Crippen molar-refractivity contribution >= 4 is 97.3 Å². The van der Waals surface area contributed by atoms with Crippen LogP contribution in [0, 0.1) is 0 Å². The van der Waals surface area contributed by atoms with E-state index in [9.17, 15) is 6.85 Å². The molecule has 0 amide bonds. The SMILES string of the molecule is [2H]c1c(-c2cc(-c3ccc4ccc5cccc6ccc3c4c56)cc(-c3ccc4ccc5cccc6ccc3c4c56)c2-c2ccccc2)c([2H])c2c(oc3c([2H])c4c([2H])c([2H])c([2H])c([2H])c4c([2H])c32)c1[2H]. The second-order valence-corrected chi connectivity index (χ2v) is 16.0. The molecule has 280 valence electrons. The molecule has 0 N–H and O–H groups in total. The monoisotopic (exact) mass is 779 g/mol. The van der Waals surface area contributed by atoms with Crippen LogP contribution in [-0.2, 0) is 0 Å². The van der Waals surface area contributed by atoms with Gasteiger partial charge < -0.3 is 4.42 Å². The van der Waals surface area contributed by atoms with Crippen LogP contribution in [0.3, 0.4) is 0 Å². The van der Waals surface area contributed by atoms with Crippen LogP contribution in [0.25, 0.3) is 142 Å². The van der Waals surface area contributed by atoms with Crippen molar-refractivity contribution in [1.82, 2.24) is 0 Å². The molecule has 13 aromatic carbocycles. The first-order valence-corrected chi connectivity index (χ1v) is 20.4. The highest BCUT2D eigenvalue weighted by atomic mass is 16.3. The van der Waals surface area contributed by atoms with E-state index in [0.717, 1.165) is 87.2 Å². The number of hydrogen-bond donors (Lipinski definition) is 0. The van der Waals surface area contributed by atoms with Gasteiger partial charge in [-0.1, -0.05) is 170 Å². The molecule has 1 heterocycles. The predicted molar refractivity (Wildman–Crippen MR) is 260 cm³/mol.